The summed E-state index contributed by atoms with van der Waals surface area (Å²) in [7, 11) is 0. The summed E-state index contributed by atoms with van der Waals surface area (Å²) >= 11 is 0. The molecule has 2 unspecified atom stereocenters. The maximum Gasteiger partial charge on any atom is 0.0607 e. The first-order valence-electron chi connectivity index (χ1n) is 5.91. The Kier molecular flexibility index (Phi) is 2.92. The van der Waals surface area contributed by atoms with Gasteiger partial charge < -0.3 is 4.74 Å². The van der Waals surface area contributed by atoms with E-state index < -0.39 is 0 Å². The molecular weight excluding hydrogens is 160 g/mol. The summed E-state index contributed by atoms with van der Waals surface area (Å²) in [5.74, 6) is 1.86. The molecule has 76 valence electrons. The molecule has 2 rings (SSSR count). The van der Waals surface area contributed by atoms with E-state index >= 15 is 0 Å². The van der Waals surface area contributed by atoms with Gasteiger partial charge in [-0.2, -0.15) is 0 Å². The van der Waals surface area contributed by atoms with Crippen molar-refractivity contribution in [3.05, 3.63) is 0 Å². The van der Waals surface area contributed by atoms with Crippen LogP contribution < -0.4 is 0 Å². The SMILES string of the molecule is CC1CCC(C2CCC(C)O2)CC1. The van der Waals surface area contributed by atoms with Crippen molar-refractivity contribution >= 4 is 0 Å². The highest BCUT2D eigenvalue weighted by Crippen LogP contribution is 2.36. The van der Waals surface area contributed by atoms with E-state index in [0.29, 0.717) is 12.2 Å². The standard InChI is InChI=1S/C12H22O/c1-9-3-6-11(7-4-9)12-8-5-10(2)13-12/h9-12H,3-8H2,1-2H3. The van der Waals surface area contributed by atoms with E-state index in [1.54, 1.807) is 0 Å². The van der Waals surface area contributed by atoms with E-state index in [-0.39, 0.29) is 0 Å². The summed E-state index contributed by atoms with van der Waals surface area (Å²) in [6.07, 6.45) is 9.44. The first kappa shape index (κ1) is 9.51. The molecule has 1 saturated carbocycles. The molecule has 0 aromatic carbocycles. The van der Waals surface area contributed by atoms with Gasteiger partial charge in [0.05, 0.1) is 12.2 Å². The predicted octanol–water partition coefficient (Wildman–Crippen LogP) is 3.38. The van der Waals surface area contributed by atoms with Crippen LogP contribution in [0, 0.1) is 11.8 Å². The van der Waals surface area contributed by atoms with Gasteiger partial charge in [-0.1, -0.05) is 19.8 Å². The Balaban J connectivity index is 1.81. The van der Waals surface area contributed by atoms with Crippen LogP contribution in [-0.4, -0.2) is 12.2 Å². The highest BCUT2D eigenvalue weighted by atomic mass is 16.5. The molecule has 0 spiro atoms. The molecule has 1 heterocycles. The minimum Gasteiger partial charge on any atom is -0.375 e. The third kappa shape index (κ3) is 2.25. The van der Waals surface area contributed by atoms with Crippen molar-refractivity contribution in [3.63, 3.8) is 0 Å². The second-order valence-electron chi connectivity index (χ2n) is 5.08. The lowest BCUT2D eigenvalue weighted by atomic mass is 9.79. The molecule has 0 radical (unpaired) electrons. The Morgan fingerprint density at radius 2 is 1.54 bits per heavy atom. The van der Waals surface area contributed by atoms with E-state index in [2.05, 4.69) is 13.8 Å². The van der Waals surface area contributed by atoms with E-state index in [1.807, 2.05) is 0 Å². The fraction of sp³-hybridized carbons (Fsp3) is 1.00. The summed E-state index contributed by atoms with van der Waals surface area (Å²) in [5, 5.41) is 0. The van der Waals surface area contributed by atoms with Crippen LogP contribution in [0.2, 0.25) is 0 Å². The number of hydrogen-bond acceptors (Lipinski definition) is 1. The van der Waals surface area contributed by atoms with Crippen molar-refractivity contribution in [2.24, 2.45) is 11.8 Å². The summed E-state index contributed by atoms with van der Waals surface area (Å²) in [6.45, 7) is 4.60. The Morgan fingerprint density at radius 1 is 0.846 bits per heavy atom. The quantitative estimate of drug-likeness (QED) is 0.604. The number of hydrogen-bond donors (Lipinski definition) is 0. The molecule has 1 saturated heterocycles. The fourth-order valence-corrected chi connectivity index (χ4v) is 2.84. The topological polar surface area (TPSA) is 9.23 Å². The van der Waals surface area contributed by atoms with Crippen LogP contribution in [0.25, 0.3) is 0 Å². The second-order valence-corrected chi connectivity index (χ2v) is 5.08. The molecule has 0 bridgehead atoms. The van der Waals surface area contributed by atoms with Gasteiger partial charge in [0.15, 0.2) is 0 Å². The molecule has 0 aromatic heterocycles. The first-order valence-corrected chi connectivity index (χ1v) is 5.91. The zero-order chi connectivity index (χ0) is 9.26. The number of rotatable bonds is 1. The van der Waals surface area contributed by atoms with Gasteiger partial charge in [-0.05, 0) is 44.4 Å². The van der Waals surface area contributed by atoms with Gasteiger partial charge >= 0.3 is 0 Å². The van der Waals surface area contributed by atoms with E-state index in [0.717, 1.165) is 11.8 Å². The maximum atomic E-state index is 5.94. The molecule has 2 fully saturated rings. The van der Waals surface area contributed by atoms with Crippen molar-refractivity contribution < 1.29 is 4.74 Å². The molecule has 0 amide bonds. The van der Waals surface area contributed by atoms with Crippen LogP contribution in [0.3, 0.4) is 0 Å². The second kappa shape index (κ2) is 4.00. The van der Waals surface area contributed by atoms with Gasteiger partial charge in [0.2, 0.25) is 0 Å². The summed E-state index contributed by atoms with van der Waals surface area (Å²) in [4.78, 5) is 0. The van der Waals surface area contributed by atoms with Crippen molar-refractivity contribution in [2.45, 2.75) is 64.6 Å². The van der Waals surface area contributed by atoms with Crippen molar-refractivity contribution in [3.8, 4) is 0 Å². The first-order chi connectivity index (χ1) is 6.25. The maximum absolute atomic E-state index is 5.94. The van der Waals surface area contributed by atoms with Crippen molar-refractivity contribution in [1.82, 2.24) is 0 Å². The van der Waals surface area contributed by atoms with E-state index in [1.165, 1.54) is 38.5 Å². The van der Waals surface area contributed by atoms with Crippen LogP contribution in [0.1, 0.15) is 52.4 Å². The molecule has 0 aromatic rings. The van der Waals surface area contributed by atoms with E-state index in [9.17, 15) is 0 Å². The molecular formula is C12H22O. The zero-order valence-corrected chi connectivity index (χ0v) is 8.96. The minimum absolute atomic E-state index is 0.532. The van der Waals surface area contributed by atoms with Crippen LogP contribution in [0.15, 0.2) is 0 Å². The Hall–Kier alpha value is -0.0400. The van der Waals surface area contributed by atoms with Gasteiger partial charge in [0.25, 0.3) is 0 Å². The van der Waals surface area contributed by atoms with Gasteiger partial charge in [0, 0.05) is 0 Å². The highest BCUT2D eigenvalue weighted by Gasteiger charge is 2.31. The summed E-state index contributed by atoms with van der Waals surface area (Å²) in [5.41, 5.74) is 0. The van der Waals surface area contributed by atoms with Gasteiger partial charge in [0.1, 0.15) is 0 Å². The van der Waals surface area contributed by atoms with Gasteiger partial charge in [-0.15, -0.1) is 0 Å². The lowest BCUT2D eigenvalue weighted by Crippen LogP contribution is -2.25. The lowest BCUT2D eigenvalue weighted by Gasteiger charge is -2.30. The molecule has 2 aliphatic rings. The molecule has 1 aliphatic heterocycles. The van der Waals surface area contributed by atoms with Gasteiger partial charge in [-0.3, -0.25) is 0 Å². The molecule has 13 heavy (non-hydrogen) atoms. The average molecular weight is 182 g/mol. The normalized spacial score (nSPS) is 46.6. The third-order valence-electron chi connectivity index (χ3n) is 3.85. The van der Waals surface area contributed by atoms with Crippen LogP contribution in [-0.2, 0) is 4.74 Å². The lowest BCUT2D eigenvalue weighted by molar-refractivity contribution is 0.00450. The Bertz CT molecular complexity index is 159. The fourth-order valence-electron chi connectivity index (χ4n) is 2.84. The summed E-state index contributed by atoms with van der Waals surface area (Å²) in [6, 6.07) is 0. The molecule has 1 nitrogen and oxygen atoms in total. The molecule has 0 N–H and O–H groups in total. The molecule has 1 aliphatic carbocycles. The number of ether oxygens (including phenoxy) is 1. The van der Waals surface area contributed by atoms with E-state index in [4.69, 9.17) is 4.74 Å². The average Bonchev–Trinajstić information content (AvgIpc) is 2.53. The minimum atomic E-state index is 0.532. The van der Waals surface area contributed by atoms with Crippen LogP contribution >= 0.6 is 0 Å². The molecule has 2 atom stereocenters. The smallest absolute Gasteiger partial charge is 0.0607 e. The highest BCUT2D eigenvalue weighted by molar-refractivity contribution is 4.81. The largest absolute Gasteiger partial charge is 0.375 e. The van der Waals surface area contributed by atoms with Gasteiger partial charge in [-0.25, -0.2) is 0 Å². The van der Waals surface area contributed by atoms with Crippen LogP contribution in [0.4, 0.5) is 0 Å². The van der Waals surface area contributed by atoms with Crippen LogP contribution in [0.5, 0.6) is 0 Å². The Labute approximate surface area is 81.9 Å². The zero-order valence-electron chi connectivity index (χ0n) is 8.96. The summed E-state index contributed by atoms with van der Waals surface area (Å²) < 4.78 is 5.94. The predicted molar refractivity (Wildman–Crippen MR) is 54.7 cm³/mol. The Morgan fingerprint density at radius 3 is 2.08 bits per heavy atom. The molecule has 1 heteroatoms. The third-order valence-corrected chi connectivity index (χ3v) is 3.85. The van der Waals surface area contributed by atoms with Crippen molar-refractivity contribution in [1.29, 1.82) is 0 Å². The monoisotopic (exact) mass is 182 g/mol. The van der Waals surface area contributed by atoms with Crippen molar-refractivity contribution in [2.75, 3.05) is 0 Å².